The normalized spacial score (nSPS) is 26.5. The van der Waals surface area contributed by atoms with E-state index in [0.29, 0.717) is 17.3 Å². The summed E-state index contributed by atoms with van der Waals surface area (Å²) in [5, 5.41) is 3.04. The summed E-state index contributed by atoms with van der Waals surface area (Å²) < 4.78 is 58.2. The summed E-state index contributed by atoms with van der Waals surface area (Å²) in [6.07, 6.45) is 1.00. The lowest BCUT2D eigenvalue weighted by Crippen LogP contribution is -2.40. The summed E-state index contributed by atoms with van der Waals surface area (Å²) in [6.45, 7) is -0.642. The summed E-state index contributed by atoms with van der Waals surface area (Å²) in [6, 6.07) is 4.80. The first-order valence-electron chi connectivity index (χ1n) is 11.5. The van der Waals surface area contributed by atoms with E-state index in [-0.39, 0.29) is 50.0 Å². The van der Waals surface area contributed by atoms with Crippen LogP contribution in [0.15, 0.2) is 18.2 Å². The topological polar surface area (TPSA) is 93.0 Å². The first-order chi connectivity index (χ1) is 15.6. The number of alkyl halides is 4. The summed E-state index contributed by atoms with van der Waals surface area (Å²) in [4.78, 5) is 20.2. The van der Waals surface area contributed by atoms with Gasteiger partial charge in [0.25, 0.3) is 5.92 Å². The molecular weight excluding hydrogens is 440 g/mol. The molecule has 1 saturated heterocycles. The van der Waals surface area contributed by atoms with Gasteiger partial charge in [0.1, 0.15) is 12.4 Å². The molecule has 180 valence electrons. The first kappa shape index (κ1) is 22.6. The predicted octanol–water partition coefficient (Wildman–Crippen LogP) is 4.38. The summed E-state index contributed by atoms with van der Waals surface area (Å²) in [5.74, 6) is -5.13. The van der Waals surface area contributed by atoms with Crippen molar-refractivity contribution in [3.05, 3.63) is 29.6 Å². The van der Waals surface area contributed by atoms with E-state index < -0.39 is 30.6 Å². The number of imidazole rings is 1. The van der Waals surface area contributed by atoms with Gasteiger partial charge in [-0.05, 0) is 48.8 Å². The third-order valence-electron chi connectivity index (χ3n) is 6.96. The van der Waals surface area contributed by atoms with Crippen LogP contribution in [0.4, 0.5) is 17.6 Å². The number of fused-ring (bicyclic) bond motifs is 1. The van der Waals surface area contributed by atoms with Crippen molar-refractivity contribution in [1.29, 1.82) is 0 Å². The number of nitrogens with two attached hydrogens (primary N) is 1. The van der Waals surface area contributed by atoms with Crippen molar-refractivity contribution in [2.24, 2.45) is 17.6 Å². The van der Waals surface area contributed by atoms with Crippen LogP contribution in [0.25, 0.3) is 11.0 Å². The molecule has 1 aromatic heterocycles. The maximum Gasteiger partial charge on any atom is 0.271 e. The number of H-pyrrole nitrogens is 1. The Labute approximate surface area is 188 Å². The SMILES string of the molecule is NC(c1nc2ccc([C@H](NC(=O)CC3CC(F)(F)C3)C3CC3)cc2[nH]1)[C@H]1CCC(F)(F)CO1. The van der Waals surface area contributed by atoms with E-state index >= 15 is 0 Å². The highest BCUT2D eigenvalue weighted by Crippen LogP contribution is 2.45. The molecule has 1 amide bonds. The molecule has 5 rings (SSSR count). The van der Waals surface area contributed by atoms with Gasteiger partial charge < -0.3 is 20.8 Å². The molecule has 0 bridgehead atoms. The summed E-state index contributed by atoms with van der Waals surface area (Å²) in [7, 11) is 0. The number of nitrogens with zero attached hydrogens (tertiary/aromatic N) is 1. The predicted molar refractivity (Wildman–Crippen MR) is 113 cm³/mol. The van der Waals surface area contributed by atoms with E-state index in [0.717, 1.165) is 23.9 Å². The average molecular weight is 468 g/mol. The molecule has 2 heterocycles. The Bertz CT molecular complexity index is 1020. The van der Waals surface area contributed by atoms with Crippen LogP contribution in [0.1, 0.15) is 68.4 Å². The quantitative estimate of drug-likeness (QED) is 0.526. The molecule has 1 unspecified atom stereocenters. The number of hydrogen-bond donors (Lipinski definition) is 3. The molecule has 4 N–H and O–H groups in total. The average Bonchev–Trinajstić information content (AvgIpc) is 3.48. The fourth-order valence-corrected chi connectivity index (χ4v) is 4.92. The van der Waals surface area contributed by atoms with Crippen LogP contribution in [-0.2, 0) is 9.53 Å². The molecule has 6 nitrogen and oxygen atoms in total. The van der Waals surface area contributed by atoms with Gasteiger partial charge in [-0.15, -0.1) is 0 Å². The maximum absolute atomic E-state index is 13.4. The van der Waals surface area contributed by atoms with Crippen molar-refractivity contribution in [1.82, 2.24) is 15.3 Å². The number of nitrogens with one attached hydrogen (secondary N) is 2. The number of aromatic nitrogens is 2. The fourth-order valence-electron chi connectivity index (χ4n) is 4.92. The van der Waals surface area contributed by atoms with Crippen LogP contribution in [0.5, 0.6) is 0 Å². The lowest BCUT2D eigenvalue weighted by molar-refractivity contribution is -0.149. The minimum absolute atomic E-state index is 0.116. The monoisotopic (exact) mass is 468 g/mol. The van der Waals surface area contributed by atoms with Crippen LogP contribution in [0.2, 0.25) is 0 Å². The van der Waals surface area contributed by atoms with Gasteiger partial charge in [-0.25, -0.2) is 22.5 Å². The number of hydrogen-bond acceptors (Lipinski definition) is 4. The third-order valence-corrected chi connectivity index (χ3v) is 6.96. The smallest absolute Gasteiger partial charge is 0.271 e. The zero-order valence-corrected chi connectivity index (χ0v) is 18.1. The second-order valence-electron chi connectivity index (χ2n) is 9.89. The highest BCUT2D eigenvalue weighted by atomic mass is 19.3. The van der Waals surface area contributed by atoms with Crippen LogP contribution in [-0.4, -0.2) is 40.4 Å². The van der Waals surface area contributed by atoms with Gasteiger partial charge >= 0.3 is 0 Å². The van der Waals surface area contributed by atoms with Gasteiger partial charge in [-0.1, -0.05) is 6.07 Å². The summed E-state index contributed by atoms with van der Waals surface area (Å²) >= 11 is 0. The highest BCUT2D eigenvalue weighted by Gasteiger charge is 2.46. The number of ether oxygens (including phenoxy) is 1. The van der Waals surface area contributed by atoms with E-state index in [1.807, 2.05) is 18.2 Å². The molecule has 0 spiro atoms. The number of carbonyl (C=O) groups excluding carboxylic acids is 1. The third kappa shape index (κ3) is 5.01. The van der Waals surface area contributed by atoms with E-state index in [2.05, 4.69) is 15.3 Å². The molecule has 2 aromatic rings. The maximum atomic E-state index is 13.4. The lowest BCUT2D eigenvalue weighted by atomic mass is 9.79. The fraction of sp³-hybridized carbons (Fsp3) is 0.652. The molecule has 3 aliphatic rings. The first-order valence-corrected chi connectivity index (χ1v) is 11.5. The number of carbonyl (C=O) groups is 1. The van der Waals surface area contributed by atoms with Gasteiger partial charge in [0.05, 0.1) is 29.2 Å². The van der Waals surface area contributed by atoms with Crippen LogP contribution < -0.4 is 11.1 Å². The Hall–Kier alpha value is -2.20. The lowest BCUT2D eigenvalue weighted by Gasteiger charge is -2.34. The van der Waals surface area contributed by atoms with Gasteiger partial charge in [-0.3, -0.25) is 4.79 Å². The molecule has 10 heteroatoms. The Morgan fingerprint density at radius 3 is 2.61 bits per heavy atom. The molecule has 33 heavy (non-hydrogen) atoms. The standard InChI is InChI=1S/C23H28F4N4O2/c24-22(25)6-5-17(33-11-22)19(28)21-29-15-4-3-14(8-16(15)30-21)20(13-1-2-13)31-18(32)7-12-9-23(26,27)10-12/h3-4,8,12-13,17,19-20H,1-2,5-7,9-11,28H2,(H,29,30)(H,31,32)/t17-,19?,20-/m1/s1. The minimum Gasteiger partial charge on any atom is -0.370 e. The van der Waals surface area contributed by atoms with Crippen molar-refractivity contribution in [3.8, 4) is 0 Å². The van der Waals surface area contributed by atoms with Crippen molar-refractivity contribution >= 4 is 16.9 Å². The Balaban J connectivity index is 1.27. The van der Waals surface area contributed by atoms with E-state index in [1.54, 1.807) is 0 Å². The van der Waals surface area contributed by atoms with Crippen molar-refractivity contribution in [3.63, 3.8) is 0 Å². The molecule has 3 atom stereocenters. The number of amides is 1. The van der Waals surface area contributed by atoms with Crippen molar-refractivity contribution in [2.45, 2.75) is 75.0 Å². The zero-order chi connectivity index (χ0) is 23.4. The minimum atomic E-state index is -2.82. The molecule has 1 aliphatic heterocycles. The molecule has 3 fully saturated rings. The Morgan fingerprint density at radius 2 is 1.97 bits per heavy atom. The number of aromatic amines is 1. The second kappa shape index (κ2) is 8.23. The van der Waals surface area contributed by atoms with Gasteiger partial charge in [0, 0.05) is 25.7 Å². The van der Waals surface area contributed by atoms with Crippen LogP contribution >= 0.6 is 0 Å². The van der Waals surface area contributed by atoms with Gasteiger partial charge in [0.15, 0.2) is 0 Å². The van der Waals surface area contributed by atoms with Crippen LogP contribution in [0, 0.1) is 11.8 Å². The largest absolute Gasteiger partial charge is 0.370 e. The van der Waals surface area contributed by atoms with Crippen LogP contribution in [0.3, 0.4) is 0 Å². The summed E-state index contributed by atoms with van der Waals surface area (Å²) in [5.41, 5.74) is 8.58. The number of rotatable bonds is 7. The van der Waals surface area contributed by atoms with E-state index in [4.69, 9.17) is 10.5 Å². The Morgan fingerprint density at radius 1 is 1.21 bits per heavy atom. The van der Waals surface area contributed by atoms with Gasteiger partial charge in [-0.2, -0.15) is 0 Å². The number of halogens is 4. The number of benzene rings is 1. The van der Waals surface area contributed by atoms with E-state index in [1.165, 1.54) is 0 Å². The zero-order valence-electron chi connectivity index (χ0n) is 18.1. The van der Waals surface area contributed by atoms with E-state index in [9.17, 15) is 22.4 Å². The highest BCUT2D eigenvalue weighted by molar-refractivity contribution is 5.78. The van der Waals surface area contributed by atoms with Crippen molar-refractivity contribution in [2.75, 3.05) is 6.61 Å². The van der Waals surface area contributed by atoms with Gasteiger partial charge in [0.2, 0.25) is 11.8 Å². The molecule has 2 aliphatic carbocycles. The molecule has 2 saturated carbocycles. The molecular formula is C23H28F4N4O2. The van der Waals surface area contributed by atoms with Crippen molar-refractivity contribution < 1.29 is 27.1 Å². The molecule has 1 aromatic carbocycles. The second-order valence-corrected chi connectivity index (χ2v) is 9.89. The Kier molecular flexibility index (Phi) is 5.63. The molecule has 0 radical (unpaired) electrons.